The summed E-state index contributed by atoms with van der Waals surface area (Å²) >= 11 is 0. The molecule has 2 atom stereocenters. The number of hydrogen-bond acceptors (Lipinski definition) is 3. The van der Waals surface area contributed by atoms with Gasteiger partial charge in [0, 0.05) is 13.1 Å². The molecule has 0 radical (unpaired) electrons. The first-order valence-electron chi connectivity index (χ1n) is 5.76. The van der Waals surface area contributed by atoms with E-state index in [2.05, 4.69) is 12.2 Å². The molecule has 0 unspecified atom stereocenters. The lowest BCUT2D eigenvalue weighted by Crippen LogP contribution is -2.38. The van der Waals surface area contributed by atoms with Crippen LogP contribution < -0.4 is 11.1 Å². The molecular weight excluding hydrogens is 192 g/mol. The van der Waals surface area contributed by atoms with E-state index in [0.29, 0.717) is 12.0 Å². The third-order valence-corrected chi connectivity index (χ3v) is 3.46. The topological polar surface area (TPSA) is 64.4 Å². The smallest absolute Gasteiger partial charge is 0.249 e. The van der Waals surface area contributed by atoms with Gasteiger partial charge < -0.3 is 15.8 Å². The highest BCUT2D eigenvalue weighted by Gasteiger charge is 2.38. The van der Waals surface area contributed by atoms with Crippen LogP contribution in [0.5, 0.6) is 0 Å². The van der Waals surface area contributed by atoms with Crippen molar-refractivity contribution in [2.24, 2.45) is 11.1 Å². The Kier molecular flexibility index (Phi) is 2.98. The second-order valence-electron chi connectivity index (χ2n) is 5.09. The van der Waals surface area contributed by atoms with Crippen molar-refractivity contribution in [3.05, 3.63) is 0 Å². The quantitative estimate of drug-likeness (QED) is 0.709. The van der Waals surface area contributed by atoms with Crippen molar-refractivity contribution in [1.82, 2.24) is 5.32 Å². The van der Waals surface area contributed by atoms with Gasteiger partial charge in [-0.1, -0.05) is 6.92 Å². The number of rotatable bonds is 4. The number of ether oxygens (including phenoxy) is 1. The summed E-state index contributed by atoms with van der Waals surface area (Å²) in [6.07, 6.45) is 3.99. The number of nitrogens with one attached hydrogen (secondary N) is 1. The van der Waals surface area contributed by atoms with Gasteiger partial charge in [-0.25, -0.2) is 0 Å². The maximum Gasteiger partial charge on any atom is 0.249 e. The fourth-order valence-electron chi connectivity index (χ4n) is 1.88. The Morgan fingerprint density at radius 3 is 2.80 bits per heavy atom. The zero-order valence-electron chi connectivity index (χ0n) is 9.29. The molecular formula is C11H20N2O2. The third-order valence-electron chi connectivity index (χ3n) is 3.46. The Morgan fingerprint density at radius 2 is 2.27 bits per heavy atom. The molecule has 0 aromatic heterocycles. The van der Waals surface area contributed by atoms with Gasteiger partial charge in [0.2, 0.25) is 5.91 Å². The Morgan fingerprint density at radius 1 is 1.53 bits per heavy atom. The van der Waals surface area contributed by atoms with Crippen molar-refractivity contribution in [2.75, 3.05) is 13.1 Å². The SMILES string of the molecule is CC1(CNC(=O)[C@@H]2CC[C@H](CN)O2)CC1. The predicted molar refractivity (Wildman–Crippen MR) is 57.3 cm³/mol. The molecule has 0 aromatic rings. The lowest BCUT2D eigenvalue weighted by molar-refractivity contribution is -0.132. The lowest BCUT2D eigenvalue weighted by atomic mass is 10.1. The minimum atomic E-state index is -0.263. The molecule has 2 rings (SSSR count). The monoisotopic (exact) mass is 212 g/mol. The van der Waals surface area contributed by atoms with E-state index in [-0.39, 0.29) is 18.1 Å². The van der Waals surface area contributed by atoms with Crippen LogP contribution in [0.2, 0.25) is 0 Å². The molecule has 0 spiro atoms. The van der Waals surface area contributed by atoms with Crippen molar-refractivity contribution in [1.29, 1.82) is 0 Å². The second kappa shape index (κ2) is 4.10. The molecule has 0 aromatic carbocycles. The Balaban J connectivity index is 1.72. The molecule has 1 saturated heterocycles. The van der Waals surface area contributed by atoms with E-state index in [9.17, 15) is 4.79 Å². The highest BCUT2D eigenvalue weighted by molar-refractivity contribution is 5.81. The van der Waals surface area contributed by atoms with E-state index in [4.69, 9.17) is 10.5 Å². The normalized spacial score (nSPS) is 32.7. The second-order valence-corrected chi connectivity index (χ2v) is 5.09. The molecule has 3 N–H and O–H groups in total. The van der Waals surface area contributed by atoms with Crippen molar-refractivity contribution in [2.45, 2.75) is 44.8 Å². The van der Waals surface area contributed by atoms with Gasteiger partial charge in [-0.3, -0.25) is 4.79 Å². The predicted octanol–water partition coefficient (Wildman–Crippen LogP) is 0.409. The molecule has 86 valence electrons. The average molecular weight is 212 g/mol. The summed E-state index contributed by atoms with van der Waals surface area (Å²) < 4.78 is 5.52. The van der Waals surface area contributed by atoms with Crippen LogP contribution in [0.3, 0.4) is 0 Å². The van der Waals surface area contributed by atoms with E-state index >= 15 is 0 Å². The molecule has 0 bridgehead atoms. The van der Waals surface area contributed by atoms with Crippen LogP contribution >= 0.6 is 0 Å². The van der Waals surface area contributed by atoms with E-state index in [1.54, 1.807) is 0 Å². The van der Waals surface area contributed by atoms with Gasteiger partial charge in [0.1, 0.15) is 6.10 Å². The van der Waals surface area contributed by atoms with Crippen LogP contribution in [0.25, 0.3) is 0 Å². The molecule has 4 heteroatoms. The first kappa shape index (κ1) is 10.9. The standard InChI is InChI=1S/C11H20N2O2/c1-11(4-5-11)7-13-10(14)9-3-2-8(6-12)15-9/h8-9H,2-7,12H2,1H3,(H,13,14)/t8-,9+/m1/s1. The lowest BCUT2D eigenvalue weighted by Gasteiger charge is -2.14. The summed E-state index contributed by atoms with van der Waals surface area (Å²) in [4.78, 5) is 11.7. The van der Waals surface area contributed by atoms with Crippen molar-refractivity contribution < 1.29 is 9.53 Å². The fourth-order valence-corrected chi connectivity index (χ4v) is 1.88. The van der Waals surface area contributed by atoms with Gasteiger partial charge in [0.25, 0.3) is 0 Å². The highest BCUT2D eigenvalue weighted by Crippen LogP contribution is 2.44. The van der Waals surface area contributed by atoms with E-state index in [1.165, 1.54) is 12.8 Å². The number of amides is 1. The summed E-state index contributed by atoms with van der Waals surface area (Å²) in [5.74, 6) is 0.0408. The number of carbonyl (C=O) groups excluding carboxylic acids is 1. The zero-order chi connectivity index (χ0) is 10.9. The van der Waals surface area contributed by atoms with Gasteiger partial charge in [0.05, 0.1) is 6.10 Å². The van der Waals surface area contributed by atoms with E-state index in [1.807, 2.05) is 0 Å². The van der Waals surface area contributed by atoms with Crippen LogP contribution in [0.4, 0.5) is 0 Å². The van der Waals surface area contributed by atoms with Gasteiger partial charge in [-0.05, 0) is 31.1 Å². The number of nitrogens with two attached hydrogens (primary N) is 1. The molecule has 1 amide bonds. The van der Waals surface area contributed by atoms with Crippen LogP contribution in [0, 0.1) is 5.41 Å². The summed E-state index contributed by atoms with van der Waals surface area (Å²) in [6, 6.07) is 0. The fraction of sp³-hybridized carbons (Fsp3) is 0.909. The largest absolute Gasteiger partial charge is 0.364 e. The molecule has 1 aliphatic heterocycles. The van der Waals surface area contributed by atoms with Crippen LogP contribution in [0.15, 0.2) is 0 Å². The van der Waals surface area contributed by atoms with Crippen molar-refractivity contribution in [3.8, 4) is 0 Å². The summed E-state index contributed by atoms with van der Waals surface area (Å²) in [6.45, 7) is 3.51. The minimum absolute atomic E-state index is 0.0408. The number of hydrogen-bond donors (Lipinski definition) is 2. The molecule has 1 aliphatic carbocycles. The first-order chi connectivity index (χ1) is 7.13. The number of carbonyl (C=O) groups is 1. The van der Waals surface area contributed by atoms with Gasteiger partial charge in [-0.15, -0.1) is 0 Å². The molecule has 2 aliphatic rings. The Hall–Kier alpha value is -0.610. The minimum Gasteiger partial charge on any atom is -0.364 e. The maximum absolute atomic E-state index is 11.7. The Bertz CT molecular complexity index is 251. The van der Waals surface area contributed by atoms with Gasteiger partial charge >= 0.3 is 0 Å². The summed E-state index contributed by atoms with van der Waals surface area (Å²) in [7, 11) is 0. The molecule has 4 nitrogen and oxygen atoms in total. The van der Waals surface area contributed by atoms with Crippen LogP contribution in [-0.4, -0.2) is 31.2 Å². The summed E-state index contributed by atoms with van der Waals surface area (Å²) in [5.41, 5.74) is 5.86. The average Bonchev–Trinajstić information content (AvgIpc) is 2.81. The van der Waals surface area contributed by atoms with E-state index in [0.717, 1.165) is 19.4 Å². The van der Waals surface area contributed by atoms with Gasteiger partial charge in [-0.2, -0.15) is 0 Å². The third kappa shape index (κ3) is 2.69. The van der Waals surface area contributed by atoms with Crippen molar-refractivity contribution >= 4 is 5.91 Å². The molecule has 1 saturated carbocycles. The molecule has 15 heavy (non-hydrogen) atoms. The highest BCUT2D eigenvalue weighted by atomic mass is 16.5. The van der Waals surface area contributed by atoms with E-state index < -0.39 is 0 Å². The maximum atomic E-state index is 11.7. The van der Waals surface area contributed by atoms with Crippen molar-refractivity contribution in [3.63, 3.8) is 0 Å². The first-order valence-corrected chi connectivity index (χ1v) is 5.76. The molecule has 2 fully saturated rings. The molecule has 1 heterocycles. The zero-order valence-corrected chi connectivity index (χ0v) is 9.29. The summed E-state index contributed by atoms with van der Waals surface area (Å²) in [5, 5.41) is 2.97. The van der Waals surface area contributed by atoms with Crippen LogP contribution in [-0.2, 0) is 9.53 Å². The van der Waals surface area contributed by atoms with Gasteiger partial charge in [0.15, 0.2) is 0 Å². The Labute approximate surface area is 90.5 Å². The van der Waals surface area contributed by atoms with Crippen LogP contribution in [0.1, 0.15) is 32.6 Å².